The number of aliphatic hydroxyl groups excluding tert-OH is 1. The Morgan fingerprint density at radius 2 is 1.05 bits per heavy atom. The predicted octanol–water partition coefficient (Wildman–Crippen LogP) is 2.25. The molecule has 0 unspecified atom stereocenters. The molecular weight excluding hydrogens is 991 g/mol. The van der Waals surface area contributed by atoms with Gasteiger partial charge in [-0.15, -0.1) is 0 Å². The number of aliphatic hydroxyl groups is 1. The first-order valence-corrected chi connectivity index (χ1v) is 28.1. The van der Waals surface area contributed by atoms with Crippen LogP contribution >= 0.6 is 0 Å². The number of unbranched alkanes of at least 4 members (excludes halogenated alkanes) is 5. The third kappa shape index (κ3) is 25.3. The van der Waals surface area contributed by atoms with Crippen molar-refractivity contribution < 1.29 is 53.1 Å². The molecular formula is C55H101N11O11. The van der Waals surface area contributed by atoms with Crippen molar-refractivity contribution in [2.75, 3.05) is 32.8 Å². The normalized spacial score (nSPS) is 15.6. The highest BCUT2D eigenvalue weighted by Gasteiger charge is 2.43. The van der Waals surface area contributed by atoms with E-state index in [4.69, 9.17) is 5.11 Å². The summed E-state index contributed by atoms with van der Waals surface area (Å²) >= 11 is 0. The van der Waals surface area contributed by atoms with Crippen molar-refractivity contribution >= 4 is 59.1 Å². The van der Waals surface area contributed by atoms with E-state index in [1.54, 1.807) is 4.90 Å². The molecule has 22 nitrogen and oxygen atoms in total. The van der Waals surface area contributed by atoms with Crippen molar-refractivity contribution in [1.29, 1.82) is 0 Å². The Morgan fingerprint density at radius 3 is 1.60 bits per heavy atom. The van der Waals surface area contributed by atoms with Crippen LogP contribution < -0.4 is 53.2 Å². The van der Waals surface area contributed by atoms with Crippen LogP contribution in [0.2, 0.25) is 0 Å². The zero-order valence-corrected chi connectivity index (χ0v) is 49.5. The van der Waals surface area contributed by atoms with E-state index < -0.39 is 93.6 Å². The molecule has 0 spiro atoms. The number of amides is 10. The largest absolute Gasteiger partial charge is 0.395 e. The number of likely N-dealkylation sites (tertiary alicyclic amines) is 1. The summed E-state index contributed by atoms with van der Waals surface area (Å²) in [6.07, 6.45) is 8.02. The van der Waals surface area contributed by atoms with Crippen LogP contribution in [0.15, 0.2) is 0 Å². The Labute approximate surface area is 459 Å². The fraction of sp³-hybridized carbons (Fsp3) is 0.818. The van der Waals surface area contributed by atoms with Gasteiger partial charge < -0.3 is 63.2 Å². The maximum Gasteiger partial charge on any atom is 0.246 e. The summed E-state index contributed by atoms with van der Waals surface area (Å²) in [5.41, 5.74) is -6.32. The molecule has 0 radical (unpaired) electrons. The van der Waals surface area contributed by atoms with Crippen LogP contribution in [0.25, 0.3) is 0 Å². The summed E-state index contributed by atoms with van der Waals surface area (Å²) in [7, 11) is 0. The summed E-state index contributed by atoms with van der Waals surface area (Å²) in [5, 5.41) is 36.8. The SMILES string of the molecule is CCCCCCCC[C@H](NC(=O)C(C)(C)NC(=O)C(C)(C)NC(=O)C(C)(C)NC(=O)[C@@H]1CCCN1C(=O)CCC)C(=O)N[C@@H](CC(C)C)C(=O)NC(C)(C)C(=O)N[C@@H](CC(C)C)C(=O)NCCC(=O)N[C@@H](C)CNCCO. The summed E-state index contributed by atoms with van der Waals surface area (Å²) in [4.78, 5) is 138. The Kier molecular flexibility index (Phi) is 30.0. The van der Waals surface area contributed by atoms with E-state index in [-0.39, 0.29) is 68.5 Å². The molecule has 1 heterocycles. The molecule has 0 saturated carbocycles. The van der Waals surface area contributed by atoms with Crippen molar-refractivity contribution in [3.63, 3.8) is 0 Å². The first-order chi connectivity index (χ1) is 35.7. The molecule has 0 bridgehead atoms. The molecule has 1 saturated heterocycles. The highest BCUT2D eigenvalue weighted by Crippen LogP contribution is 2.21. The van der Waals surface area contributed by atoms with Crippen LogP contribution in [0.5, 0.6) is 0 Å². The molecule has 1 aliphatic rings. The molecule has 1 rings (SSSR count). The summed E-state index contributed by atoms with van der Waals surface area (Å²) in [6.45, 7) is 26.3. The zero-order chi connectivity index (χ0) is 58.9. The van der Waals surface area contributed by atoms with Gasteiger partial charge in [0.05, 0.1) is 6.61 Å². The second-order valence-corrected chi connectivity index (χ2v) is 23.7. The van der Waals surface area contributed by atoms with Crippen molar-refractivity contribution in [1.82, 2.24) is 58.1 Å². The van der Waals surface area contributed by atoms with Gasteiger partial charge in [-0.25, -0.2) is 0 Å². The lowest BCUT2D eigenvalue weighted by Crippen LogP contribution is -2.67. The van der Waals surface area contributed by atoms with E-state index in [1.807, 2.05) is 41.5 Å². The van der Waals surface area contributed by atoms with Crippen molar-refractivity contribution in [2.24, 2.45) is 11.8 Å². The maximum atomic E-state index is 14.3. The summed E-state index contributed by atoms with van der Waals surface area (Å²) in [6, 6.07) is -4.22. The minimum atomic E-state index is -1.64. The van der Waals surface area contributed by atoms with Gasteiger partial charge in [0, 0.05) is 45.1 Å². The monoisotopic (exact) mass is 1090 g/mol. The van der Waals surface area contributed by atoms with Gasteiger partial charge in [0.2, 0.25) is 59.1 Å². The Morgan fingerprint density at radius 1 is 0.545 bits per heavy atom. The molecule has 1 aliphatic heterocycles. The second-order valence-electron chi connectivity index (χ2n) is 23.7. The average molecular weight is 1090 g/mol. The number of carbonyl (C=O) groups excluding carboxylic acids is 10. The van der Waals surface area contributed by atoms with E-state index in [0.29, 0.717) is 51.7 Å². The molecule has 11 N–H and O–H groups in total. The van der Waals surface area contributed by atoms with Crippen LogP contribution in [0, 0.1) is 11.8 Å². The van der Waals surface area contributed by atoms with Crippen LogP contribution in [0.1, 0.15) is 194 Å². The first-order valence-electron chi connectivity index (χ1n) is 28.1. The second kappa shape index (κ2) is 33.1. The molecule has 22 heteroatoms. The Hall–Kier alpha value is -5.38. The molecule has 0 aromatic rings. The van der Waals surface area contributed by atoms with Gasteiger partial charge in [-0.2, -0.15) is 0 Å². The third-order valence-electron chi connectivity index (χ3n) is 13.3. The number of nitrogens with zero attached hydrogens (tertiary/aromatic N) is 1. The molecule has 442 valence electrons. The van der Waals surface area contributed by atoms with Gasteiger partial charge in [0.15, 0.2) is 0 Å². The lowest BCUT2D eigenvalue weighted by atomic mass is 9.95. The molecule has 0 aliphatic carbocycles. The standard InChI is InChI=1S/C55H101N11O11/c1-16-18-19-20-21-22-25-38(60-49(75)53(10,11)64-51(77)55(14,15)65-50(76)54(12,13)63-47(73)41-26-23-30-66(41)43(69)24-17-2)45(71)59-40(33-36(5)6)46(72)62-52(8,9)48(74)61-39(32-35(3)4)44(70)57-28-27-42(68)58-37(7)34-56-29-31-67/h35-41,56,67H,16-34H2,1-15H3,(H,57,70)(H,58,68)(H,59,71)(H,60,75)(H,61,74)(H,62,72)(H,63,73)(H,64,77)(H,65,76)/t37-,38-,39-,40-,41-/m0/s1. The Balaban J connectivity index is 3.21. The summed E-state index contributed by atoms with van der Waals surface area (Å²) < 4.78 is 0. The van der Waals surface area contributed by atoms with Crippen LogP contribution in [0.4, 0.5) is 0 Å². The van der Waals surface area contributed by atoms with Gasteiger partial charge >= 0.3 is 0 Å². The number of carbonyl (C=O) groups is 10. The van der Waals surface area contributed by atoms with Gasteiger partial charge in [-0.3, -0.25) is 47.9 Å². The first kappa shape index (κ1) is 69.6. The smallest absolute Gasteiger partial charge is 0.246 e. The molecule has 77 heavy (non-hydrogen) atoms. The lowest BCUT2D eigenvalue weighted by Gasteiger charge is -2.35. The number of hydrogen-bond donors (Lipinski definition) is 11. The minimum Gasteiger partial charge on any atom is -0.395 e. The highest BCUT2D eigenvalue weighted by atomic mass is 16.3. The van der Waals surface area contributed by atoms with Gasteiger partial charge in [-0.1, -0.05) is 80.1 Å². The van der Waals surface area contributed by atoms with E-state index >= 15 is 0 Å². The number of nitrogens with one attached hydrogen (secondary N) is 10. The molecule has 5 atom stereocenters. The van der Waals surface area contributed by atoms with E-state index in [0.717, 1.165) is 32.1 Å². The fourth-order valence-electron chi connectivity index (χ4n) is 8.56. The van der Waals surface area contributed by atoms with Crippen molar-refractivity contribution in [3.05, 3.63) is 0 Å². The van der Waals surface area contributed by atoms with Crippen LogP contribution in [0.3, 0.4) is 0 Å². The number of rotatable bonds is 36. The van der Waals surface area contributed by atoms with E-state index in [9.17, 15) is 47.9 Å². The van der Waals surface area contributed by atoms with Gasteiger partial charge in [-0.05, 0) is 113 Å². The van der Waals surface area contributed by atoms with Crippen molar-refractivity contribution in [2.45, 2.75) is 246 Å². The average Bonchev–Trinajstić information content (AvgIpc) is 3.82. The molecule has 10 amide bonds. The highest BCUT2D eigenvalue weighted by molar-refractivity contribution is 6.01. The molecule has 1 fully saturated rings. The lowest BCUT2D eigenvalue weighted by molar-refractivity contribution is -0.142. The maximum absolute atomic E-state index is 14.3. The van der Waals surface area contributed by atoms with Gasteiger partial charge in [0.1, 0.15) is 46.3 Å². The number of hydrogen-bond acceptors (Lipinski definition) is 12. The topological polar surface area (TPSA) is 314 Å². The van der Waals surface area contributed by atoms with Crippen LogP contribution in [-0.2, 0) is 47.9 Å². The minimum absolute atomic E-state index is 0.00524. The fourth-order valence-corrected chi connectivity index (χ4v) is 8.56. The third-order valence-corrected chi connectivity index (χ3v) is 13.3. The van der Waals surface area contributed by atoms with Gasteiger partial charge in [0.25, 0.3) is 0 Å². The summed E-state index contributed by atoms with van der Waals surface area (Å²) in [5.74, 6) is -5.63. The van der Waals surface area contributed by atoms with Crippen molar-refractivity contribution in [3.8, 4) is 0 Å². The zero-order valence-electron chi connectivity index (χ0n) is 49.5. The predicted molar refractivity (Wildman–Crippen MR) is 296 cm³/mol. The molecule has 0 aromatic carbocycles. The Bertz CT molecular complexity index is 1970. The van der Waals surface area contributed by atoms with Crippen LogP contribution in [-0.4, -0.2) is 154 Å². The van der Waals surface area contributed by atoms with E-state index in [2.05, 4.69) is 60.1 Å². The molecule has 0 aromatic heterocycles. The quantitative estimate of drug-likeness (QED) is 0.0403. The van der Waals surface area contributed by atoms with E-state index in [1.165, 1.54) is 55.4 Å².